The topological polar surface area (TPSA) is 104 Å². The molecule has 0 unspecified atom stereocenters. The molecule has 208 valence electrons. The summed E-state index contributed by atoms with van der Waals surface area (Å²) >= 11 is 6.94. The van der Waals surface area contributed by atoms with Gasteiger partial charge in [-0.15, -0.1) is 10.2 Å². The molecule has 1 N–H and O–H groups in total. The van der Waals surface area contributed by atoms with Gasteiger partial charge in [0.25, 0.3) is 11.1 Å². The van der Waals surface area contributed by atoms with Crippen LogP contribution in [0.15, 0.2) is 93.4 Å². The van der Waals surface area contributed by atoms with Crippen molar-refractivity contribution in [1.82, 2.24) is 10.2 Å². The molecule has 8 nitrogen and oxygen atoms in total. The van der Waals surface area contributed by atoms with E-state index in [1.807, 2.05) is 31.2 Å². The first kappa shape index (κ1) is 28.1. The molecule has 0 amide bonds. The Labute approximate surface area is 245 Å². The van der Waals surface area contributed by atoms with Gasteiger partial charge in [0.15, 0.2) is 11.5 Å². The van der Waals surface area contributed by atoms with Gasteiger partial charge in [0.1, 0.15) is 17.3 Å². The summed E-state index contributed by atoms with van der Waals surface area (Å²) in [5, 5.41) is 20.7. The highest BCUT2D eigenvalue weighted by molar-refractivity contribution is 8.03. The molecule has 0 aliphatic rings. The summed E-state index contributed by atoms with van der Waals surface area (Å²) in [5.74, 6) is 0.560. The maximum atomic E-state index is 12.1. The fraction of sp³-hybridized carbons (Fsp3) is 0.129. The number of carboxylic acid groups (broad SMARTS) is 1. The fourth-order valence-electron chi connectivity index (χ4n) is 4.16. The van der Waals surface area contributed by atoms with Crippen LogP contribution in [0.4, 0.5) is 0 Å². The molecule has 0 spiro atoms. The number of ether oxygens (including phenoxy) is 3. The van der Waals surface area contributed by atoms with Gasteiger partial charge >= 0.3 is 5.97 Å². The molecule has 0 saturated carbocycles. The van der Waals surface area contributed by atoms with Gasteiger partial charge in [-0.05, 0) is 77.0 Å². The molecule has 0 atom stereocenters. The van der Waals surface area contributed by atoms with Crippen molar-refractivity contribution in [3.63, 3.8) is 0 Å². The molecule has 5 rings (SSSR count). The van der Waals surface area contributed by atoms with E-state index in [-0.39, 0.29) is 16.0 Å². The molecule has 0 bridgehead atoms. The number of hydrogen-bond donors (Lipinski definition) is 1. The number of benzene rings is 4. The molecule has 4 aromatic carbocycles. The predicted molar refractivity (Wildman–Crippen MR) is 159 cm³/mol. The molecule has 0 aliphatic heterocycles. The van der Waals surface area contributed by atoms with Crippen molar-refractivity contribution in [2.24, 2.45) is 0 Å². The number of halogens is 1. The molecule has 10 heteroatoms. The minimum atomic E-state index is -1.15. The Morgan fingerprint density at radius 1 is 0.976 bits per heavy atom. The van der Waals surface area contributed by atoms with Gasteiger partial charge in [-0.1, -0.05) is 60.1 Å². The lowest BCUT2D eigenvalue weighted by molar-refractivity contribution is -0.131. The minimum Gasteiger partial charge on any atom is -0.496 e. The van der Waals surface area contributed by atoms with Crippen LogP contribution in [0, 0.1) is 0 Å². The van der Waals surface area contributed by atoms with Gasteiger partial charge in [0, 0.05) is 5.02 Å². The number of carboxylic acids is 1. The van der Waals surface area contributed by atoms with Gasteiger partial charge < -0.3 is 23.7 Å². The third-order valence-electron chi connectivity index (χ3n) is 6.03. The Balaban J connectivity index is 1.37. The van der Waals surface area contributed by atoms with Crippen molar-refractivity contribution in [3.05, 3.63) is 99.9 Å². The van der Waals surface area contributed by atoms with Crippen molar-refractivity contribution >= 4 is 46.2 Å². The van der Waals surface area contributed by atoms with Crippen molar-refractivity contribution in [1.29, 1.82) is 0 Å². The molecule has 1 heterocycles. The Bertz CT molecular complexity index is 1730. The number of fused-ring (bicyclic) bond motifs is 1. The second kappa shape index (κ2) is 12.8. The molecule has 0 radical (unpaired) electrons. The van der Waals surface area contributed by atoms with Gasteiger partial charge in [-0.25, -0.2) is 4.79 Å². The summed E-state index contributed by atoms with van der Waals surface area (Å²) in [7, 11) is 1.51. The first-order valence-corrected chi connectivity index (χ1v) is 13.8. The van der Waals surface area contributed by atoms with Crippen LogP contribution in [-0.2, 0) is 11.4 Å². The Hall–Kier alpha value is -4.47. The average Bonchev–Trinajstić information content (AvgIpc) is 3.45. The first-order chi connectivity index (χ1) is 19.9. The van der Waals surface area contributed by atoms with Crippen LogP contribution in [0.1, 0.15) is 18.1 Å². The highest BCUT2D eigenvalue weighted by Crippen LogP contribution is 2.36. The summed E-state index contributed by atoms with van der Waals surface area (Å²) in [5.41, 5.74) is 2.15. The summed E-state index contributed by atoms with van der Waals surface area (Å²) in [6.45, 7) is 2.64. The van der Waals surface area contributed by atoms with E-state index in [1.54, 1.807) is 36.4 Å². The molecular weight excluding hydrogens is 564 g/mol. The molecule has 0 saturated heterocycles. The second-order valence-corrected chi connectivity index (χ2v) is 10.1. The standard InChI is InChI=1S/C31H25ClN2O6S/c1-3-38-27-15-19(11-13-26(27)39-18-21-9-6-8-20-7-4-5-10-23(20)21)16-28(30(35)36)41-31-34-33-29(40-31)24-17-22(32)12-14-25(24)37-2/h4-17H,3,18H2,1-2H3,(H,35,36)/b28-16-. The van der Waals surface area contributed by atoms with Crippen molar-refractivity contribution in [2.75, 3.05) is 13.7 Å². The highest BCUT2D eigenvalue weighted by atomic mass is 35.5. The first-order valence-electron chi connectivity index (χ1n) is 12.6. The number of carbonyl (C=O) groups is 1. The number of rotatable bonds is 11. The zero-order valence-corrected chi connectivity index (χ0v) is 23.7. The predicted octanol–water partition coefficient (Wildman–Crippen LogP) is 7.75. The molecule has 1 aromatic heterocycles. The monoisotopic (exact) mass is 588 g/mol. The second-order valence-electron chi connectivity index (χ2n) is 8.70. The highest BCUT2D eigenvalue weighted by Gasteiger charge is 2.19. The normalized spacial score (nSPS) is 11.4. The maximum absolute atomic E-state index is 12.1. The number of aromatic nitrogens is 2. The number of hydrogen-bond acceptors (Lipinski definition) is 8. The van der Waals surface area contributed by atoms with Gasteiger partial charge in [0.2, 0.25) is 0 Å². The Kier molecular flexibility index (Phi) is 8.76. The summed E-state index contributed by atoms with van der Waals surface area (Å²) in [6, 6.07) is 24.5. The number of aliphatic carboxylic acids is 1. The summed E-state index contributed by atoms with van der Waals surface area (Å²) in [4.78, 5) is 12.1. The van der Waals surface area contributed by atoms with E-state index in [0.717, 1.165) is 28.1 Å². The van der Waals surface area contributed by atoms with E-state index in [0.29, 0.717) is 46.6 Å². The largest absolute Gasteiger partial charge is 0.496 e. The van der Waals surface area contributed by atoms with Crippen LogP contribution in [-0.4, -0.2) is 35.0 Å². The molecule has 0 aliphatic carbocycles. The van der Waals surface area contributed by atoms with Crippen molar-refractivity contribution in [2.45, 2.75) is 18.8 Å². The lowest BCUT2D eigenvalue weighted by Crippen LogP contribution is -2.01. The lowest BCUT2D eigenvalue weighted by atomic mass is 10.1. The maximum Gasteiger partial charge on any atom is 0.342 e. The molecule has 41 heavy (non-hydrogen) atoms. The number of nitrogens with zero attached hydrogens (tertiary/aromatic N) is 2. The summed E-state index contributed by atoms with van der Waals surface area (Å²) < 4.78 is 23.0. The van der Waals surface area contributed by atoms with E-state index in [4.69, 9.17) is 30.2 Å². The van der Waals surface area contributed by atoms with Crippen LogP contribution in [0.2, 0.25) is 5.02 Å². The lowest BCUT2D eigenvalue weighted by Gasteiger charge is -2.14. The smallest absolute Gasteiger partial charge is 0.342 e. The zero-order chi connectivity index (χ0) is 28.8. The van der Waals surface area contributed by atoms with Crippen LogP contribution in [0.5, 0.6) is 17.2 Å². The number of methoxy groups -OCH3 is 1. The third kappa shape index (κ3) is 6.65. The molecule has 0 fully saturated rings. The quantitative estimate of drug-likeness (QED) is 0.122. The average molecular weight is 589 g/mol. The van der Waals surface area contributed by atoms with Gasteiger partial charge in [-0.3, -0.25) is 0 Å². The zero-order valence-electron chi connectivity index (χ0n) is 22.2. The Morgan fingerprint density at radius 2 is 1.78 bits per heavy atom. The van der Waals surface area contributed by atoms with E-state index in [2.05, 4.69) is 28.4 Å². The van der Waals surface area contributed by atoms with Crippen molar-refractivity contribution < 1.29 is 28.5 Å². The van der Waals surface area contributed by atoms with Crippen LogP contribution in [0.25, 0.3) is 28.3 Å². The van der Waals surface area contributed by atoms with E-state index < -0.39 is 5.97 Å². The van der Waals surface area contributed by atoms with Crippen LogP contribution in [0.3, 0.4) is 0 Å². The number of thioether (sulfide) groups is 1. The van der Waals surface area contributed by atoms with E-state index in [9.17, 15) is 9.90 Å². The van der Waals surface area contributed by atoms with E-state index >= 15 is 0 Å². The van der Waals surface area contributed by atoms with Gasteiger partial charge in [-0.2, -0.15) is 0 Å². The minimum absolute atomic E-state index is 0.0230. The summed E-state index contributed by atoms with van der Waals surface area (Å²) in [6.07, 6.45) is 1.51. The van der Waals surface area contributed by atoms with E-state index in [1.165, 1.54) is 13.2 Å². The fourth-order valence-corrected chi connectivity index (χ4v) is 5.01. The van der Waals surface area contributed by atoms with Crippen LogP contribution >= 0.6 is 23.4 Å². The molecule has 5 aromatic rings. The molecular formula is C31H25ClN2O6S. The van der Waals surface area contributed by atoms with Crippen LogP contribution < -0.4 is 14.2 Å². The van der Waals surface area contributed by atoms with Crippen molar-refractivity contribution in [3.8, 4) is 28.7 Å². The Morgan fingerprint density at radius 3 is 2.59 bits per heavy atom. The van der Waals surface area contributed by atoms with Gasteiger partial charge in [0.05, 0.1) is 19.3 Å². The SMILES string of the molecule is CCOc1cc(/C=C(\Sc2nnc(-c3cc(Cl)ccc3OC)o2)C(=O)O)ccc1OCc1cccc2ccccc12. The third-order valence-corrected chi connectivity index (χ3v) is 7.12.